The predicted molar refractivity (Wildman–Crippen MR) is 134 cm³/mol. The Labute approximate surface area is 213 Å². The lowest BCUT2D eigenvalue weighted by atomic mass is 9.96. The summed E-state index contributed by atoms with van der Waals surface area (Å²) >= 11 is 0. The minimum atomic E-state index is -4.38. The molecule has 0 unspecified atom stereocenters. The first-order valence-electron chi connectivity index (χ1n) is 12.4. The van der Waals surface area contributed by atoms with Gasteiger partial charge in [0.1, 0.15) is 24.3 Å². The van der Waals surface area contributed by atoms with E-state index in [4.69, 9.17) is 4.74 Å². The van der Waals surface area contributed by atoms with Crippen molar-refractivity contribution in [3.8, 4) is 16.9 Å². The van der Waals surface area contributed by atoms with Gasteiger partial charge in [0.05, 0.1) is 11.1 Å². The van der Waals surface area contributed by atoms with Crippen LogP contribution in [0.3, 0.4) is 0 Å². The van der Waals surface area contributed by atoms with E-state index in [1.807, 2.05) is 35.2 Å². The SMILES string of the molecule is O=C1c2ccccc2-c2cccc(OC[C@@H](O)CNCC3CCN(c4cc(C(F)(F)F)ccn4)CC3)c21. The Hall–Kier alpha value is -3.43. The molecular weight excluding hydrogens is 483 g/mol. The zero-order chi connectivity index (χ0) is 26.0. The van der Waals surface area contributed by atoms with Crippen LogP contribution >= 0.6 is 0 Å². The number of aromatic nitrogens is 1. The van der Waals surface area contributed by atoms with Crippen molar-refractivity contribution in [1.29, 1.82) is 0 Å². The molecule has 0 bridgehead atoms. The van der Waals surface area contributed by atoms with Crippen LogP contribution in [-0.2, 0) is 6.18 Å². The number of ketones is 1. The van der Waals surface area contributed by atoms with E-state index < -0.39 is 17.8 Å². The lowest BCUT2D eigenvalue weighted by Gasteiger charge is -2.33. The van der Waals surface area contributed by atoms with E-state index >= 15 is 0 Å². The second-order valence-corrected chi connectivity index (χ2v) is 9.51. The predicted octanol–water partition coefficient (Wildman–Crippen LogP) is 4.56. The van der Waals surface area contributed by atoms with Gasteiger partial charge in [0.2, 0.25) is 0 Å². The Morgan fingerprint density at radius 3 is 2.54 bits per heavy atom. The summed E-state index contributed by atoms with van der Waals surface area (Å²) in [5.74, 6) is 1.10. The Balaban J connectivity index is 1.07. The molecule has 1 saturated heterocycles. The maximum atomic E-state index is 13.0. The highest BCUT2D eigenvalue weighted by Gasteiger charge is 2.32. The molecule has 6 nitrogen and oxygen atoms in total. The monoisotopic (exact) mass is 511 g/mol. The van der Waals surface area contributed by atoms with Gasteiger partial charge in [0, 0.05) is 31.4 Å². The quantitative estimate of drug-likeness (QED) is 0.361. The maximum Gasteiger partial charge on any atom is 0.416 e. The number of nitrogens with zero attached hydrogens (tertiary/aromatic N) is 2. The Morgan fingerprint density at radius 1 is 1.05 bits per heavy atom. The van der Waals surface area contributed by atoms with Crippen molar-refractivity contribution >= 4 is 11.6 Å². The van der Waals surface area contributed by atoms with Crippen molar-refractivity contribution in [2.75, 3.05) is 37.7 Å². The van der Waals surface area contributed by atoms with Gasteiger partial charge < -0.3 is 20.1 Å². The lowest BCUT2D eigenvalue weighted by molar-refractivity contribution is -0.137. The summed E-state index contributed by atoms with van der Waals surface area (Å²) in [6.07, 6.45) is -2.31. The van der Waals surface area contributed by atoms with Crippen molar-refractivity contribution in [3.63, 3.8) is 0 Å². The number of piperidine rings is 1. The molecule has 0 spiro atoms. The molecule has 2 heterocycles. The number of nitrogens with one attached hydrogen (secondary N) is 1. The molecule has 0 radical (unpaired) electrons. The van der Waals surface area contributed by atoms with Crippen LogP contribution in [0, 0.1) is 5.92 Å². The van der Waals surface area contributed by atoms with Crippen LogP contribution in [0.1, 0.15) is 34.3 Å². The van der Waals surface area contributed by atoms with Crippen LogP contribution in [0.2, 0.25) is 0 Å². The number of halogens is 3. The third kappa shape index (κ3) is 5.47. The Kier molecular flexibility index (Phi) is 7.17. The van der Waals surface area contributed by atoms with Gasteiger partial charge in [-0.25, -0.2) is 4.98 Å². The molecule has 194 valence electrons. The largest absolute Gasteiger partial charge is 0.490 e. The maximum absolute atomic E-state index is 13.0. The summed E-state index contributed by atoms with van der Waals surface area (Å²) in [5.41, 5.74) is 2.24. The van der Waals surface area contributed by atoms with Crippen LogP contribution in [0.25, 0.3) is 11.1 Å². The first-order chi connectivity index (χ1) is 17.8. The Morgan fingerprint density at radius 2 is 1.78 bits per heavy atom. The average Bonchev–Trinajstić information content (AvgIpc) is 3.20. The molecule has 2 N–H and O–H groups in total. The first kappa shape index (κ1) is 25.2. The van der Waals surface area contributed by atoms with Gasteiger partial charge in [-0.1, -0.05) is 36.4 Å². The molecular formula is C28H28F3N3O3. The standard InChI is InChI=1S/C28H28F3N3O3/c29-28(30,31)19-8-11-33-25(14-19)34-12-9-18(10-13-34)15-32-16-20(35)17-37-24-7-3-6-22-21-4-1-2-5-23(21)27(36)26(22)24/h1-8,11,14,18,20,32,35H,9-10,12-13,15-17H2/t20-/m0/s1. The minimum Gasteiger partial charge on any atom is -0.490 e. The lowest BCUT2D eigenvalue weighted by Crippen LogP contribution is -2.40. The number of aliphatic hydroxyl groups excluding tert-OH is 1. The van der Waals surface area contributed by atoms with Gasteiger partial charge in [-0.2, -0.15) is 13.2 Å². The van der Waals surface area contributed by atoms with E-state index in [9.17, 15) is 23.1 Å². The normalized spacial score (nSPS) is 16.4. The highest BCUT2D eigenvalue weighted by atomic mass is 19.4. The molecule has 5 rings (SSSR count). The summed E-state index contributed by atoms with van der Waals surface area (Å²) in [6.45, 7) is 2.32. The van der Waals surface area contributed by atoms with Crippen molar-refractivity contribution < 1.29 is 27.8 Å². The molecule has 3 aromatic rings. The van der Waals surface area contributed by atoms with Crippen molar-refractivity contribution in [1.82, 2.24) is 10.3 Å². The number of benzene rings is 2. The summed E-state index contributed by atoms with van der Waals surface area (Å²) in [7, 11) is 0. The van der Waals surface area contributed by atoms with Crippen molar-refractivity contribution in [2.24, 2.45) is 5.92 Å². The smallest absolute Gasteiger partial charge is 0.416 e. The van der Waals surface area contributed by atoms with Gasteiger partial charge in [-0.15, -0.1) is 0 Å². The molecule has 37 heavy (non-hydrogen) atoms. The molecule has 1 aliphatic carbocycles. The number of hydrogen-bond acceptors (Lipinski definition) is 6. The zero-order valence-electron chi connectivity index (χ0n) is 20.2. The van der Waals surface area contributed by atoms with Gasteiger partial charge in [-0.3, -0.25) is 4.79 Å². The fraction of sp³-hybridized carbons (Fsp3) is 0.357. The topological polar surface area (TPSA) is 74.7 Å². The third-order valence-electron chi connectivity index (χ3n) is 6.97. The highest BCUT2D eigenvalue weighted by Crippen LogP contribution is 2.41. The number of alkyl halides is 3. The van der Waals surface area contributed by atoms with Crippen LogP contribution in [0.4, 0.5) is 19.0 Å². The molecule has 0 saturated carbocycles. The average molecular weight is 512 g/mol. The third-order valence-corrected chi connectivity index (χ3v) is 6.97. The number of hydrogen-bond donors (Lipinski definition) is 2. The molecule has 2 aromatic carbocycles. The highest BCUT2D eigenvalue weighted by molar-refractivity contribution is 6.23. The number of rotatable bonds is 8. The van der Waals surface area contributed by atoms with Gasteiger partial charge in [0.25, 0.3) is 0 Å². The van der Waals surface area contributed by atoms with E-state index in [0.717, 1.165) is 36.1 Å². The fourth-order valence-corrected chi connectivity index (χ4v) is 4.99. The van der Waals surface area contributed by atoms with Crippen molar-refractivity contribution in [2.45, 2.75) is 25.1 Å². The van der Waals surface area contributed by atoms with E-state index in [0.29, 0.717) is 54.8 Å². The molecule has 2 aliphatic rings. The van der Waals surface area contributed by atoms with Gasteiger partial charge >= 0.3 is 6.18 Å². The number of anilines is 1. The summed E-state index contributed by atoms with van der Waals surface area (Å²) in [6, 6.07) is 15.0. The molecule has 1 fully saturated rings. The molecule has 1 atom stereocenters. The molecule has 0 amide bonds. The number of fused-ring (bicyclic) bond motifs is 3. The first-order valence-corrected chi connectivity index (χ1v) is 12.4. The van der Waals surface area contributed by atoms with Gasteiger partial charge in [0.15, 0.2) is 5.78 Å². The van der Waals surface area contributed by atoms with Crippen molar-refractivity contribution in [3.05, 3.63) is 77.5 Å². The second-order valence-electron chi connectivity index (χ2n) is 9.51. The fourth-order valence-electron chi connectivity index (χ4n) is 4.99. The second kappa shape index (κ2) is 10.5. The molecule has 9 heteroatoms. The number of ether oxygens (including phenoxy) is 1. The number of aliphatic hydroxyl groups is 1. The van der Waals surface area contributed by atoms with E-state index in [2.05, 4.69) is 10.3 Å². The Bertz CT molecular complexity index is 1270. The molecule has 1 aliphatic heterocycles. The minimum absolute atomic E-state index is 0.0484. The number of carbonyl (C=O) groups excluding carboxylic acids is 1. The van der Waals surface area contributed by atoms with Crippen LogP contribution in [0.5, 0.6) is 5.75 Å². The van der Waals surface area contributed by atoms with E-state index in [1.54, 1.807) is 12.1 Å². The van der Waals surface area contributed by atoms with Crippen LogP contribution in [0.15, 0.2) is 60.8 Å². The number of pyridine rings is 1. The number of carbonyl (C=O) groups is 1. The van der Waals surface area contributed by atoms with Gasteiger partial charge in [-0.05, 0) is 54.6 Å². The summed E-state index contributed by atoms with van der Waals surface area (Å²) < 4.78 is 44.8. The van der Waals surface area contributed by atoms with E-state index in [-0.39, 0.29) is 12.4 Å². The van der Waals surface area contributed by atoms with E-state index in [1.165, 1.54) is 6.20 Å². The zero-order valence-corrected chi connectivity index (χ0v) is 20.2. The summed E-state index contributed by atoms with van der Waals surface area (Å²) in [4.78, 5) is 18.9. The van der Waals surface area contributed by atoms with Crippen LogP contribution in [-0.4, -0.2) is 54.8 Å². The summed E-state index contributed by atoms with van der Waals surface area (Å²) in [5, 5.41) is 13.7. The van der Waals surface area contributed by atoms with Crippen LogP contribution < -0.4 is 15.0 Å². The molecule has 1 aromatic heterocycles.